The highest BCUT2D eigenvalue weighted by Gasteiger charge is 2.36. The minimum absolute atomic E-state index is 0.192. The molecule has 0 fully saturated rings. The maximum atomic E-state index is 12.8. The van der Waals surface area contributed by atoms with Crippen LogP contribution < -0.4 is 10.1 Å². The molecule has 1 aliphatic carbocycles. The van der Waals surface area contributed by atoms with Crippen LogP contribution in [0.15, 0.2) is 53.7 Å². The molecule has 0 radical (unpaired) electrons. The Bertz CT molecular complexity index is 994. The number of carbonyl (C=O) groups is 1. The molecule has 1 aliphatic heterocycles. The number of aryl methyl sites for hydroxylation is 1. The number of ketones is 1. The SMILES string of the molecule is CCN1C(=S)NC(c2ccc(Oc3cccc(C)c3C)cc2)C2=C1CCCC2=O. The monoisotopic (exact) mass is 406 g/mol. The van der Waals surface area contributed by atoms with E-state index in [9.17, 15) is 4.79 Å². The van der Waals surface area contributed by atoms with E-state index in [1.807, 2.05) is 36.4 Å². The summed E-state index contributed by atoms with van der Waals surface area (Å²) in [6, 6.07) is 13.8. The van der Waals surface area contributed by atoms with Crippen molar-refractivity contribution in [1.82, 2.24) is 10.2 Å². The van der Waals surface area contributed by atoms with Gasteiger partial charge in [-0.1, -0.05) is 24.3 Å². The van der Waals surface area contributed by atoms with Crippen molar-refractivity contribution >= 4 is 23.1 Å². The van der Waals surface area contributed by atoms with Crippen LogP contribution in [0.5, 0.6) is 11.5 Å². The summed E-state index contributed by atoms with van der Waals surface area (Å²) < 4.78 is 6.08. The Balaban J connectivity index is 1.64. The number of nitrogens with one attached hydrogen (secondary N) is 1. The molecular weight excluding hydrogens is 380 g/mol. The number of allylic oxidation sites excluding steroid dienone is 1. The van der Waals surface area contributed by atoms with Crippen molar-refractivity contribution in [2.75, 3.05) is 6.54 Å². The van der Waals surface area contributed by atoms with Crippen LogP contribution in [0, 0.1) is 13.8 Å². The van der Waals surface area contributed by atoms with Crippen LogP contribution in [0.3, 0.4) is 0 Å². The maximum Gasteiger partial charge on any atom is 0.173 e. The molecule has 2 aromatic carbocycles. The van der Waals surface area contributed by atoms with Gasteiger partial charge in [-0.15, -0.1) is 0 Å². The van der Waals surface area contributed by atoms with E-state index in [0.717, 1.165) is 53.3 Å². The zero-order valence-corrected chi connectivity index (χ0v) is 17.9. The Kier molecular flexibility index (Phi) is 5.41. The zero-order valence-electron chi connectivity index (χ0n) is 17.1. The van der Waals surface area contributed by atoms with Crippen LogP contribution in [-0.2, 0) is 4.79 Å². The number of thiocarbonyl (C=S) groups is 1. The normalized spacial score (nSPS) is 19.1. The third-order valence-electron chi connectivity index (χ3n) is 5.87. The number of Topliss-reactive ketones (excluding diaryl/α,β-unsaturated/α-hetero) is 1. The van der Waals surface area contributed by atoms with Gasteiger partial charge in [0.05, 0.1) is 6.04 Å². The van der Waals surface area contributed by atoms with Crippen molar-refractivity contribution in [3.05, 3.63) is 70.4 Å². The average molecular weight is 407 g/mol. The molecule has 0 saturated heterocycles. The summed E-state index contributed by atoms with van der Waals surface area (Å²) in [5.74, 6) is 1.86. The first-order valence-electron chi connectivity index (χ1n) is 10.2. The van der Waals surface area contributed by atoms with E-state index >= 15 is 0 Å². The molecule has 4 rings (SSSR count). The van der Waals surface area contributed by atoms with Crippen molar-refractivity contribution in [2.45, 2.75) is 46.1 Å². The number of hydrogen-bond donors (Lipinski definition) is 1. The second kappa shape index (κ2) is 7.99. The lowest BCUT2D eigenvalue weighted by atomic mass is 9.85. The van der Waals surface area contributed by atoms with Crippen LogP contribution in [-0.4, -0.2) is 22.3 Å². The highest BCUT2D eigenvalue weighted by atomic mass is 32.1. The molecule has 2 aromatic rings. The number of benzene rings is 2. The Morgan fingerprint density at radius 3 is 2.62 bits per heavy atom. The quantitative estimate of drug-likeness (QED) is 0.693. The molecule has 29 heavy (non-hydrogen) atoms. The predicted molar refractivity (Wildman–Crippen MR) is 119 cm³/mol. The highest BCUT2D eigenvalue weighted by molar-refractivity contribution is 7.80. The Morgan fingerprint density at radius 1 is 1.14 bits per heavy atom. The third-order valence-corrected chi connectivity index (χ3v) is 6.21. The molecule has 0 bridgehead atoms. The van der Waals surface area contributed by atoms with Gasteiger partial charge in [-0.3, -0.25) is 4.79 Å². The van der Waals surface area contributed by atoms with Gasteiger partial charge in [-0.05, 0) is 80.7 Å². The largest absolute Gasteiger partial charge is 0.457 e. The van der Waals surface area contributed by atoms with Gasteiger partial charge in [0.2, 0.25) is 0 Å². The van der Waals surface area contributed by atoms with Crippen LogP contribution in [0.1, 0.15) is 48.9 Å². The molecule has 2 aliphatic rings. The first kappa shape index (κ1) is 19.6. The van der Waals surface area contributed by atoms with E-state index in [0.29, 0.717) is 11.5 Å². The molecule has 150 valence electrons. The molecule has 0 aromatic heterocycles. The Labute approximate surface area is 177 Å². The first-order chi connectivity index (χ1) is 14.0. The van der Waals surface area contributed by atoms with E-state index in [-0.39, 0.29) is 11.8 Å². The standard InChI is InChI=1S/C24H26N2O2S/c1-4-26-19-8-6-9-20(27)22(19)23(25-24(26)29)17-11-13-18(14-12-17)28-21-10-5-7-15(2)16(21)3/h5,7,10-14,23H,4,6,8-9H2,1-3H3,(H,25,29). The average Bonchev–Trinajstić information content (AvgIpc) is 2.71. The smallest absolute Gasteiger partial charge is 0.173 e. The number of rotatable bonds is 4. The van der Waals surface area contributed by atoms with Gasteiger partial charge in [0, 0.05) is 24.2 Å². The van der Waals surface area contributed by atoms with Gasteiger partial charge in [-0.25, -0.2) is 0 Å². The molecule has 5 heteroatoms. The lowest BCUT2D eigenvalue weighted by molar-refractivity contribution is -0.116. The third kappa shape index (κ3) is 3.67. The lowest BCUT2D eigenvalue weighted by Gasteiger charge is -2.40. The summed E-state index contributed by atoms with van der Waals surface area (Å²) in [7, 11) is 0. The second-order valence-electron chi connectivity index (χ2n) is 7.63. The number of ether oxygens (including phenoxy) is 1. The van der Waals surface area contributed by atoms with Crippen molar-refractivity contribution in [1.29, 1.82) is 0 Å². The van der Waals surface area contributed by atoms with Gasteiger partial charge >= 0.3 is 0 Å². The van der Waals surface area contributed by atoms with Crippen molar-refractivity contribution in [3.8, 4) is 11.5 Å². The molecule has 1 N–H and O–H groups in total. The molecule has 4 nitrogen and oxygen atoms in total. The molecular formula is C24H26N2O2S. The number of carbonyl (C=O) groups excluding carboxylic acids is 1. The summed E-state index contributed by atoms with van der Waals surface area (Å²) in [6.45, 7) is 6.98. The fraction of sp³-hybridized carbons (Fsp3) is 0.333. The van der Waals surface area contributed by atoms with E-state index < -0.39 is 0 Å². The summed E-state index contributed by atoms with van der Waals surface area (Å²) >= 11 is 5.59. The van der Waals surface area contributed by atoms with Crippen molar-refractivity contribution < 1.29 is 9.53 Å². The minimum atomic E-state index is -0.192. The molecule has 1 unspecified atom stereocenters. The topological polar surface area (TPSA) is 41.6 Å². The fourth-order valence-corrected chi connectivity index (χ4v) is 4.48. The summed E-state index contributed by atoms with van der Waals surface area (Å²) in [6.07, 6.45) is 2.41. The number of nitrogens with zero attached hydrogens (tertiary/aromatic N) is 1. The van der Waals surface area contributed by atoms with Gasteiger partial charge < -0.3 is 15.0 Å². The number of hydrogen-bond acceptors (Lipinski definition) is 3. The van der Waals surface area contributed by atoms with E-state index in [1.165, 1.54) is 5.56 Å². The molecule has 0 amide bonds. The van der Waals surface area contributed by atoms with E-state index in [1.54, 1.807) is 0 Å². The maximum absolute atomic E-state index is 12.8. The lowest BCUT2D eigenvalue weighted by Crippen LogP contribution is -2.49. The molecule has 0 saturated carbocycles. The summed E-state index contributed by atoms with van der Waals surface area (Å²) in [5.41, 5.74) is 5.33. The molecule has 0 spiro atoms. The Hall–Kier alpha value is -2.66. The van der Waals surface area contributed by atoms with E-state index in [2.05, 4.69) is 37.1 Å². The molecule has 1 heterocycles. The van der Waals surface area contributed by atoms with E-state index in [4.69, 9.17) is 17.0 Å². The highest BCUT2D eigenvalue weighted by Crippen LogP contribution is 2.38. The minimum Gasteiger partial charge on any atom is -0.457 e. The van der Waals surface area contributed by atoms with Crippen LogP contribution in [0.4, 0.5) is 0 Å². The van der Waals surface area contributed by atoms with Gasteiger partial charge in [0.25, 0.3) is 0 Å². The van der Waals surface area contributed by atoms with Crippen LogP contribution in [0.2, 0.25) is 0 Å². The zero-order chi connectivity index (χ0) is 20.5. The van der Waals surface area contributed by atoms with Crippen molar-refractivity contribution in [3.63, 3.8) is 0 Å². The second-order valence-corrected chi connectivity index (χ2v) is 8.02. The molecule has 1 atom stereocenters. The Morgan fingerprint density at radius 2 is 1.90 bits per heavy atom. The predicted octanol–water partition coefficient (Wildman–Crippen LogP) is 5.35. The summed E-state index contributed by atoms with van der Waals surface area (Å²) in [5, 5.41) is 4.08. The fourth-order valence-electron chi connectivity index (χ4n) is 4.13. The van der Waals surface area contributed by atoms with Gasteiger partial charge in [0.15, 0.2) is 10.9 Å². The van der Waals surface area contributed by atoms with Gasteiger partial charge in [-0.2, -0.15) is 0 Å². The van der Waals surface area contributed by atoms with Gasteiger partial charge in [0.1, 0.15) is 11.5 Å². The van der Waals surface area contributed by atoms with Crippen molar-refractivity contribution in [2.24, 2.45) is 0 Å². The summed E-state index contributed by atoms with van der Waals surface area (Å²) in [4.78, 5) is 14.8. The van der Waals surface area contributed by atoms with Crippen LogP contribution in [0.25, 0.3) is 0 Å². The van der Waals surface area contributed by atoms with Crippen LogP contribution >= 0.6 is 12.2 Å². The first-order valence-corrected chi connectivity index (χ1v) is 10.6.